The molecule has 0 aromatic heterocycles. The molecule has 1 fully saturated rings. The lowest BCUT2D eigenvalue weighted by atomic mass is 9.95. The van der Waals surface area contributed by atoms with Crippen molar-refractivity contribution in [2.24, 2.45) is 0 Å². The van der Waals surface area contributed by atoms with E-state index >= 15 is 0 Å². The smallest absolute Gasteiger partial charge is 0.407 e. The van der Waals surface area contributed by atoms with Gasteiger partial charge in [-0.25, -0.2) is 9.59 Å². The Balaban J connectivity index is 1.52. The number of carboxylic acids is 1. The van der Waals surface area contributed by atoms with Crippen LogP contribution in [0.25, 0.3) is 11.1 Å². The van der Waals surface area contributed by atoms with Gasteiger partial charge in [0.25, 0.3) is 0 Å². The van der Waals surface area contributed by atoms with E-state index in [1.165, 1.54) is 6.92 Å². The maximum absolute atomic E-state index is 13.0. The van der Waals surface area contributed by atoms with Crippen LogP contribution in [-0.4, -0.2) is 97.0 Å². The fourth-order valence-corrected chi connectivity index (χ4v) is 5.84. The van der Waals surface area contributed by atoms with Crippen LogP contribution in [0.3, 0.4) is 0 Å². The second-order valence-corrected chi connectivity index (χ2v) is 11.3. The Hall–Kier alpha value is -5.02. The van der Waals surface area contributed by atoms with Crippen molar-refractivity contribution < 1.29 is 62.3 Å². The summed E-state index contributed by atoms with van der Waals surface area (Å²) in [5, 5.41) is 14.9. The molecule has 15 nitrogen and oxygen atoms in total. The minimum absolute atomic E-state index is 0.0722. The molecule has 1 saturated heterocycles. The van der Waals surface area contributed by atoms with Gasteiger partial charge in [-0.05, 0) is 29.2 Å². The molecule has 2 aromatic carbocycles. The van der Waals surface area contributed by atoms with Crippen LogP contribution in [0.4, 0.5) is 4.79 Å². The van der Waals surface area contributed by atoms with E-state index in [1.54, 1.807) is 0 Å². The van der Waals surface area contributed by atoms with Crippen molar-refractivity contribution in [2.45, 2.75) is 83.3 Å². The Morgan fingerprint density at radius 2 is 1.35 bits per heavy atom. The van der Waals surface area contributed by atoms with E-state index in [2.05, 4.69) is 10.6 Å². The number of fused-ring (bicyclic) bond motifs is 3. The Bertz CT molecular complexity index is 1500. The molecule has 0 radical (unpaired) electrons. The van der Waals surface area contributed by atoms with Crippen molar-refractivity contribution in [3.05, 3.63) is 59.7 Å². The first-order valence-corrected chi connectivity index (χ1v) is 15.2. The maximum atomic E-state index is 13.0. The topological polar surface area (TPSA) is 202 Å². The molecular weight excluding hydrogens is 632 g/mol. The lowest BCUT2D eigenvalue weighted by Crippen LogP contribution is -2.67. The predicted molar refractivity (Wildman–Crippen MR) is 164 cm³/mol. The molecule has 2 aliphatic rings. The summed E-state index contributed by atoms with van der Waals surface area (Å²) in [6.45, 7) is 5.26. The summed E-state index contributed by atoms with van der Waals surface area (Å²) in [5.41, 5.74) is 3.97. The van der Waals surface area contributed by atoms with Crippen LogP contribution < -0.4 is 10.6 Å². The van der Waals surface area contributed by atoms with Gasteiger partial charge in [0.1, 0.15) is 25.4 Å². The lowest BCUT2D eigenvalue weighted by Gasteiger charge is -2.45. The van der Waals surface area contributed by atoms with E-state index in [-0.39, 0.29) is 12.5 Å². The lowest BCUT2D eigenvalue weighted by molar-refractivity contribution is -0.287. The summed E-state index contributed by atoms with van der Waals surface area (Å²) < 4.78 is 33.2. The number of carbonyl (C=O) groups excluding carboxylic acids is 5. The Morgan fingerprint density at radius 3 is 1.88 bits per heavy atom. The highest BCUT2D eigenvalue weighted by Crippen LogP contribution is 2.44. The number of amides is 2. The third kappa shape index (κ3) is 8.66. The van der Waals surface area contributed by atoms with Gasteiger partial charge in [0.15, 0.2) is 24.5 Å². The van der Waals surface area contributed by atoms with Gasteiger partial charge in [0, 0.05) is 33.6 Å². The van der Waals surface area contributed by atoms with Gasteiger partial charge >= 0.3 is 30.0 Å². The number of hydrogen-bond acceptors (Lipinski definition) is 12. The molecule has 15 heteroatoms. The van der Waals surface area contributed by atoms with Crippen LogP contribution in [-0.2, 0) is 52.4 Å². The summed E-state index contributed by atoms with van der Waals surface area (Å²) in [4.78, 5) is 73.2. The highest BCUT2D eigenvalue weighted by molar-refractivity contribution is 5.81. The van der Waals surface area contributed by atoms with Crippen molar-refractivity contribution in [3.8, 4) is 11.1 Å². The van der Waals surface area contributed by atoms with Crippen LogP contribution in [0, 0.1) is 0 Å². The van der Waals surface area contributed by atoms with Crippen LogP contribution in [0.2, 0.25) is 0 Å². The van der Waals surface area contributed by atoms with E-state index in [1.807, 2.05) is 48.5 Å². The number of alkyl carbamates (subject to hydrolysis) is 1. The first-order chi connectivity index (χ1) is 22.8. The first kappa shape index (κ1) is 35.8. The zero-order valence-electron chi connectivity index (χ0n) is 27.0. The van der Waals surface area contributed by atoms with Crippen LogP contribution >= 0.6 is 0 Å². The Labute approximate surface area is 276 Å². The number of benzene rings is 2. The number of esters is 3. The number of aliphatic carboxylic acids is 1. The van der Waals surface area contributed by atoms with Gasteiger partial charge < -0.3 is 44.2 Å². The fraction of sp³-hybridized carbons (Fsp3) is 0.455. The maximum Gasteiger partial charge on any atom is 0.407 e. The molecule has 0 saturated carbocycles. The summed E-state index contributed by atoms with van der Waals surface area (Å²) in [5.74, 6) is -4.67. The number of ether oxygens (including phenoxy) is 6. The van der Waals surface area contributed by atoms with Crippen molar-refractivity contribution in [3.63, 3.8) is 0 Å². The van der Waals surface area contributed by atoms with E-state index in [0.717, 1.165) is 49.9 Å². The molecule has 1 heterocycles. The van der Waals surface area contributed by atoms with Gasteiger partial charge in [0.2, 0.25) is 5.91 Å². The standard InChI is InChI=1S/C33H38N2O13/c1-16(27(31(40)41)35-33(42)44-14-25-23-12-8-6-10-21(23)22-11-7-9-13-24(22)25)45-32-28(34-17(2)36)30(47-20(5)39)29(46-19(4)38)26(48-32)15-43-18(3)37/h6-13,16,25-30,32H,14-15H2,1-5H3,(H,34,36)(H,35,42)(H,40,41)/t16-,26-,27+,28+,29+,30+,32-/m1/s1. The van der Waals surface area contributed by atoms with Crippen LogP contribution in [0.1, 0.15) is 51.7 Å². The van der Waals surface area contributed by atoms with Crippen molar-refractivity contribution in [2.75, 3.05) is 13.2 Å². The van der Waals surface area contributed by atoms with Crippen LogP contribution in [0.5, 0.6) is 0 Å². The summed E-state index contributed by atoms with van der Waals surface area (Å²) in [6, 6.07) is 12.4. The minimum atomic E-state index is -1.69. The molecule has 2 aromatic rings. The minimum Gasteiger partial charge on any atom is -0.480 e. The third-order valence-electron chi connectivity index (χ3n) is 7.77. The predicted octanol–water partition coefficient (Wildman–Crippen LogP) is 2.04. The highest BCUT2D eigenvalue weighted by Gasteiger charge is 2.52. The second kappa shape index (κ2) is 15.7. The molecule has 48 heavy (non-hydrogen) atoms. The molecule has 0 bridgehead atoms. The van der Waals surface area contributed by atoms with Gasteiger partial charge in [-0.15, -0.1) is 0 Å². The Morgan fingerprint density at radius 1 is 0.792 bits per heavy atom. The van der Waals surface area contributed by atoms with Crippen molar-refractivity contribution in [1.29, 1.82) is 0 Å². The zero-order valence-corrected chi connectivity index (χ0v) is 27.0. The zero-order chi connectivity index (χ0) is 35.1. The second-order valence-electron chi connectivity index (χ2n) is 11.3. The molecule has 258 valence electrons. The monoisotopic (exact) mass is 670 g/mol. The molecule has 1 aliphatic heterocycles. The number of carboxylic acid groups (broad SMARTS) is 1. The highest BCUT2D eigenvalue weighted by atomic mass is 16.7. The first-order valence-electron chi connectivity index (χ1n) is 15.2. The van der Waals surface area contributed by atoms with E-state index in [0.29, 0.717) is 0 Å². The molecule has 1 aliphatic carbocycles. The average molecular weight is 671 g/mol. The molecule has 4 rings (SSSR count). The van der Waals surface area contributed by atoms with Gasteiger partial charge in [-0.2, -0.15) is 0 Å². The summed E-state index contributed by atoms with van der Waals surface area (Å²) >= 11 is 0. The van der Waals surface area contributed by atoms with E-state index < -0.39 is 85.3 Å². The number of rotatable bonds is 12. The number of carbonyl (C=O) groups is 6. The quantitative estimate of drug-likeness (QED) is 0.219. The van der Waals surface area contributed by atoms with Gasteiger partial charge in [0.05, 0.1) is 6.10 Å². The molecule has 7 atom stereocenters. The van der Waals surface area contributed by atoms with Crippen LogP contribution in [0.15, 0.2) is 48.5 Å². The average Bonchev–Trinajstić information content (AvgIpc) is 3.33. The number of hydrogen-bond donors (Lipinski definition) is 3. The molecule has 0 unspecified atom stereocenters. The molecule has 0 spiro atoms. The fourth-order valence-electron chi connectivity index (χ4n) is 5.84. The Kier molecular flexibility index (Phi) is 11.7. The third-order valence-corrected chi connectivity index (χ3v) is 7.77. The molecule has 3 N–H and O–H groups in total. The molecule has 2 amide bonds. The number of nitrogens with one attached hydrogen (secondary N) is 2. The SMILES string of the molecule is CC(=O)N[C@@H]1[C@H](O[C@H](C)[C@H](NC(=O)OCC2c3ccccc3-c3ccccc32)C(=O)O)O[C@H](COC(C)=O)[C@H](OC(C)=O)[C@H]1OC(C)=O. The summed E-state index contributed by atoms with van der Waals surface area (Å²) in [6.07, 6.45) is -7.98. The van der Waals surface area contributed by atoms with Gasteiger partial charge in [-0.3, -0.25) is 19.2 Å². The molecular formula is C33H38N2O13. The van der Waals surface area contributed by atoms with E-state index in [4.69, 9.17) is 28.4 Å². The van der Waals surface area contributed by atoms with E-state index in [9.17, 15) is 33.9 Å². The largest absolute Gasteiger partial charge is 0.480 e. The van der Waals surface area contributed by atoms with Gasteiger partial charge in [-0.1, -0.05) is 48.5 Å². The normalized spacial score (nSPS) is 22.6. The summed E-state index contributed by atoms with van der Waals surface area (Å²) in [7, 11) is 0. The van der Waals surface area contributed by atoms with Crippen molar-refractivity contribution in [1.82, 2.24) is 10.6 Å². The van der Waals surface area contributed by atoms with Crippen molar-refractivity contribution >= 4 is 35.9 Å².